The summed E-state index contributed by atoms with van der Waals surface area (Å²) in [6.45, 7) is 0.152. The fourth-order valence-corrected chi connectivity index (χ4v) is 3.92. The number of aliphatic hydroxyl groups is 1. The Hall–Kier alpha value is -2.35. The van der Waals surface area contributed by atoms with Crippen molar-refractivity contribution >= 4 is 5.91 Å². The zero-order valence-electron chi connectivity index (χ0n) is 13.1. The number of aromatic amines is 1. The van der Waals surface area contributed by atoms with Crippen LogP contribution in [-0.4, -0.2) is 49.6 Å². The highest BCUT2D eigenvalue weighted by molar-refractivity contribution is 5.88. The van der Waals surface area contributed by atoms with E-state index in [9.17, 15) is 14.3 Å². The average Bonchev–Trinajstić information content (AvgIpc) is 3.23. The molecule has 0 unspecified atom stereocenters. The Bertz CT molecular complexity index is 752. The SMILES string of the molecule is O=C(N1CC(O)(c2ccccc2F)C1)C1(c2nn[nH]n2)CCCC1. The number of tetrazole rings is 1. The normalized spacial score (nSPS) is 21.5. The standard InChI is InChI=1S/C16H18FN5O2/c17-12-6-2-1-5-11(12)16(24)9-22(10-16)14(23)15(7-3-4-8-15)13-18-20-21-19-13/h1-2,5-6,24H,3-4,7-10H2,(H,18,19,20,21). The number of carbonyl (C=O) groups excluding carboxylic acids is 1. The monoisotopic (exact) mass is 331 g/mol. The molecule has 2 N–H and O–H groups in total. The largest absolute Gasteiger partial charge is 0.381 e. The smallest absolute Gasteiger partial charge is 0.236 e. The first-order valence-corrected chi connectivity index (χ1v) is 8.06. The number of hydrogen-bond donors (Lipinski definition) is 2. The molecule has 8 heteroatoms. The summed E-state index contributed by atoms with van der Waals surface area (Å²) in [5, 5.41) is 24.7. The number of rotatable bonds is 3. The van der Waals surface area contributed by atoms with E-state index in [0.29, 0.717) is 18.7 Å². The van der Waals surface area contributed by atoms with Gasteiger partial charge in [-0.1, -0.05) is 36.3 Å². The summed E-state index contributed by atoms with van der Waals surface area (Å²) in [4.78, 5) is 14.6. The molecule has 1 amide bonds. The highest BCUT2D eigenvalue weighted by atomic mass is 19.1. The Morgan fingerprint density at radius 1 is 1.25 bits per heavy atom. The zero-order valence-corrected chi connectivity index (χ0v) is 13.1. The van der Waals surface area contributed by atoms with Crippen molar-refractivity contribution in [2.75, 3.05) is 13.1 Å². The van der Waals surface area contributed by atoms with E-state index in [-0.39, 0.29) is 24.6 Å². The van der Waals surface area contributed by atoms with Crippen molar-refractivity contribution in [1.82, 2.24) is 25.5 Å². The van der Waals surface area contributed by atoms with Crippen LogP contribution in [0.15, 0.2) is 24.3 Å². The van der Waals surface area contributed by atoms with E-state index < -0.39 is 16.8 Å². The molecular weight excluding hydrogens is 313 g/mol. The topological polar surface area (TPSA) is 95.0 Å². The molecule has 1 aliphatic heterocycles. The molecule has 126 valence electrons. The van der Waals surface area contributed by atoms with Gasteiger partial charge in [0, 0.05) is 5.56 Å². The van der Waals surface area contributed by atoms with Gasteiger partial charge in [0.2, 0.25) is 5.91 Å². The molecule has 7 nitrogen and oxygen atoms in total. The summed E-state index contributed by atoms with van der Waals surface area (Å²) in [6, 6.07) is 6.13. The summed E-state index contributed by atoms with van der Waals surface area (Å²) in [7, 11) is 0. The number of amides is 1. The number of likely N-dealkylation sites (tertiary alicyclic amines) is 1. The van der Waals surface area contributed by atoms with E-state index in [1.807, 2.05) is 0 Å². The van der Waals surface area contributed by atoms with Gasteiger partial charge in [0.25, 0.3) is 0 Å². The highest BCUT2D eigenvalue weighted by Gasteiger charge is 2.54. The van der Waals surface area contributed by atoms with E-state index in [4.69, 9.17) is 0 Å². The van der Waals surface area contributed by atoms with Gasteiger partial charge in [0.15, 0.2) is 5.82 Å². The maximum Gasteiger partial charge on any atom is 0.236 e. The van der Waals surface area contributed by atoms with Crippen LogP contribution in [-0.2, 0) is 15.8 Å². The van der Waals surface area contributed by atoms with Crippen LogP contribution in [0.4, 0.5) is 4.39 Å². The molecule has 1 saturated carbocycles. The van der Waals surface area contributed by atoms with Gasteiger partial charge in [-0.3, -0.25) is 4.79 Å². The Labute approximate surface area is 137 Å². The lowest BCUT2D eigenvalue weighted by molar-refractivity contribution is -0.164. The number of nitrogens with zero attached hydrogens (tertiary/aromatic N) is 4. The van der Waals surface area contributed by atoms with E-state index in [2.05, 4.69) is 20.6 Å². The van der Waals surface area contributed by atoms with E-state index in [1.165, 1.54) is 6.07 Å². The van der Waals surface area contributed by atoms with E-state index in [1.54, 1.807) is 23.1 Å². The third-order valence-electron chi connectivity index (χ3n) is 5.21. The molecule has 1 aromatic carbocycles. The first-order chi connectivity index (χ1) is 11.6. The predicted molar refractivity (Wildman–Crippen MR) is 81.2 cm³/mol. The quantitative estimate of drug-likeness (QED) is 0.870. The Kier molecular flexibility index (Phi) is 3.38. The van der Waals surface area contributed by atoms with Gasteiger partial charge in [-0.2, -0.15) is 5.21 Å². The number of hydrogen-bond acceptors (Lipinski definition) is 5. The van der Waals surface area contributed by atoms with Gasteiger partial charge in [-0.15, -0.1) is 10.2 Å². The summed E-state index contributed by atoms with van der Waals surface area (Å²) < 4.78 is 13.9. The molecule has 2 fully saturated rings. The average molecular weight is 331 g/mol. The van der Waals surface area contributed by atoms with E-state index in [0.717, 1.165) is 12.8 Å². The summed E-state index contributed by atoms with van der Waals surface area (Å²) >= 11 is 0. The first kappa shape index (κ1) is 15.2. The minimum absolute atomic E-state index is 0.0758. The van der Waals surface area contributed by atoms with Crippen molar-refractivity contribution in [3.8, 4) is 0 Å². The lowest BCUT2D eigenvalue weighted by Crippen LogP contribution is -2.64. The number of halogens is 1. The van der Waals surface area contributed by atoms with Gasteiger partial charge in [0.1, 0.15) is 16.8 Å². The number of carbonyl (C=O) groups is 1. The van der Waals surface area contributed by atoms with Crippen LogP contribution in [0.25, 0.3) is 0 Å². The van der Waals surface area contributed by atoms with Gasteiger partial charge in [-0.25, -0.2) is 4.39 Å². The van der Waals surface area contributed by atoms with Gasteiger partial charge in [0.05, 0.1) is 13.1 Å². The Morgan fingerprint density at radius 3 is 2.58 bits per heavy atom. The summed E-state index contributed by atoms with van der Waals surface area (Å²) in [5.74, 6) is -0.158. The third kappa shape index (κ3) is 2.13. The minimum Gasteiger partial charge on any atom is -0.381 e. The maximum atomic E-state index is 13.9. The molecule has 0 atom stereocenters. The molecule has 0 radical (unpaired) electrons. The fourth-order valence-electron chi connectivity index (χ4n) is 3.92. The molecule has 2 aromatic rings. The highest BCUT2D eigenvalue weighted by Crippen LogP contribution is 2.44. The van der Waals surface area contributed by atoms with Crippen LogP contribution < -0.4 is 0 Å². The molecule has 1 saturated heterocycles. The van der Waals surface area contributed by atoms with Crippen molar-refractivity contribution < 1.29 is 14.3 Å². The molecule has 24 heavy (non-hydrogen) atoms. The number of β-amino-alcohol motifs (C(OH)–C–C–N with tert-alkyl or cyclic N) is 1. The van der Waals surface area contributed by atoms with Crippen LogP contribution in [0, 0.1) is 5.82 Å². The Morgan fingerprint density at radius 2 is 1.96 bits per heavy atom. The summed E-state index contributed by atoms with van der Waals surface area (Å²) in [6.07, 6.45) is 3.18. The predicted octanol–water partition coefficient (Wildman–Crippen LogP) is 0.881. The van der Waals surface area contributed by atoms with Crippen LogP contribution in [0.3, 0.4) is 0 Å². The Balaban J connectivity index is 1.56. The van der Waals surface area contributed by atoms with Crippen LogP contribution in [0.2, 0.25) is 0 Å². The molecule has 0 bridgehead atoms. The van der Waals surface area contributed by atoms with Gasteiger partial charge < -0.3 is 10.0 Å². The van der Waals surface area contributed by atoms with Gasteiger partial charge in [-0.05, 0) is 18.9 Å². The lowest BCUT2D eigenvalue weighted by Gasteiger charge is -2.49. The summed E-state index contributed by atoms with van der Waals surface area (Å²) in [5.41, 5.74) is -1.88. The van der Waals surface area contributed by atoms with Crippen molar-refractivity contribution in [3.05, 3.63) is 41.5 Å². The second-order valence-electron chi connectivity index (χ2n) is 6.70. The molecule has 2 aliphatic rings. The molecule has 0 spiro atoms. The van der Waals surface area contributed by atoms with Crippen molar-refractivity contribution in [3.63, 3.8) is 0 Å². The van der Waals surface area contributed by atoms with Crippen molar-refractivity contribution in [2.24, 2.45) is 0 Å². The second kappa shape index (κ2) is 5.34. The second-order valence-corrected chi connectivity index (χ2v) is 6.70. The van der Waals surface area contributed by atoms with Crippen LogP contribution >= 0.6 is 0 Å². The first-order valence-electron chi connectivity index (χ1n) is 8.06. The van der Waals surface area contributed by atoms with Gasteiger partial charge >= 0.3 is 0 Å². The number of aromatic nitrogens is 4. The fraction of sp³-hybridized carbons (Fsp3) is 0.500. The number of H-pyrrole nitrogens is 1. The van der Waals surface area contributed by atoms with E-state index >= 15 is 0 Å². The molecule has 1 aromatic heterocycles. The molecule has 4 rings (SSSR count). The van der Waals surface area contributed by atoms with Crippen molar-refractivity contribution in [1.29, 1.82) is 0 Å². The van der Waals surface area contributed by atoms with Crippen molar-refractivity contribution in [2.45, 2.75) is 36.7 Å². The zero-order chi connectivity index (χ0) is 16.8. The third-order valence-corrected chi connectivity index (χ3v) is 5.21. The minimum atomic E-state index is -1.34. The molecule has 1 aliphatic carbocycles. The maximum absolute atomic E-state index is 13.9. The number of nitrogens with one attached hydrogen (secondary N) is 1. The van der Waals surface area contributed by atoms with Crippen LogP contribution in [0.1, 0.15) is 37.1 Å². The number of benzene rings is 1. The molecule has 2 heterocycles. The lowest BCUT2D eigenvalue weighted by atomic mass is 9.79. The molecular formula is C16H18FN5O2. The van der Waals surface area contributed by atoms with Crippen LogP contribution in [0.5, 0.6) is 0 Å².